The molecule has 1 aromatic heterocycles. The molecule has 0 unspecified atom stereocenters. The molecule has 2 amide bonds. The lowest BCUT2D eigenvalue weighted by atomic mass is 10.1. The van der Waals surface area contributed by atoms with Crippen LogP contribution in [0.4, 0.5) is 15.8 Å². The van der Waals surface area contributed by atoms with Gasteiger partial charge in [0.15, 0.2) is 5.11 Å². The van der Waals surface area contributed by atoms with Gasteiger partial charge in [0.05, 0.1) is 16.3 Å². The molecule has 0 spiro atoms. The van der Waals surface area contributed by atoms with Crippen LogP contribution in [-0.4, -0.2) is 26.4 Å². The summed E-state index contributed by atoms with van der Waals surface area (Å²) < 4.78 is 14.9. The van der Waals surface area contributed by atoms with E-state index in [4.69, 9.17) is 12.2 Å². The van der Waals surface area contributed by atoms with Gasteiger partial charge in [0.1, 0.15) is 11.4 Å². The summed E-state index contributed by atoms with van der Waals surface area (Å²) in [5.41, 5.74) is 0.954. The third-order valence-electron chi connectivity index (χ3n) is 4.58. The van der Waals surface area contributed by atoms with Crippen LogP contribution in [0.2, 0.25) is 0 Å². The Kier molecular flexibility index (Phi) is 5.14. The van der Waals surface area contributed by atoms with Crippen molar-refractivity contribution in [2.45, 2.75) is 0 Å². The predicted octanol–water partition coefficient (Wildman–Crippen LogP) is 3.36. The zero-order valence-corrected chi connectivity index (χ0v) is 16.5. The van der Waals surface area contributed by atoms with Crippen molar-refractivity contribution in [1.29, 1.82) is 0 Å². The first-order valence-electron chi connectivity index (χ1n) is 8.94. The quantitative estimate of drug-likeness (QED) is 0.222. The first kappa shape index (κ1) is 20.1. The maximum absolute atomic E-state index is 13.3. The fraction of sp³-hybridized carbons (Fsp3) is 0. The number of rotatable bonds is 4. The smallest absolute Gasteiger partial charge is 0.271 e. The van der Waals surface area contributed by atoms with Crippen LogP contribution < -0.4 is 10.2 Å². The van der Waals surface area contributed by atoms with Crippen LogP contribution >= 0.6 is 12.2 Å². The Morgan fingerprint density at radius 1 is 1.03 bits per heavy atom. The molecule has 2 heterocycles. The summed E-state index contributed by atoms with van der Waals surface area (Å²) in [4.78, 5) is 37.2. The molecule has 1 fully saturated rings. The number of non-ortho nitro benzene ring substituents is 1. The Morgan fingerprint density at radius 2 is 1.77 bits per heavy atom. The Hall–Kier alpha value is -4.18. The number of amides is 2. The van der Waals surface area contributed by atoms with E-state index in [1.165, 1.54) is 48.5 Å². The molecule has 1 aliphatic rings. The normalized spacial score (nSPS) is 15.3. The van der Waals surface area contributed by atoms with E-state index in [1.807, 2.05) is 0 Å². The summed E-state index contributed by atoms with van der Waals surface area (Å²) in [7, 11) is 0. The fourth-order valence-corrected chi connectivity index (χ4v) is 3.41. The van der Waals surface area contributed by atoms with E-state index < -0.39 is 22.6 Å². The van der Waals surface area contributed by atoms with Crippen LogP contribution in [0.3, 0.4) is 0 Å². The molecule has 3 aromatic rings. The molecular formula is C21H13FN4O4S. The topological polar surface area (TPSA) is 97.5 Å². The highest BCUT2D eigenvalue weighted by Gasteiger charge is 2.34. The van der Waals surface area contributed by atoms with Gasteiger partial charge in [0, 0.05) is 24.0 Å². The number of carbonyl (C=O) groups excluding carboxylic acids is 2. The number of nitrogens with zero attached hydrogens (tertiary/aromatic N) is 3. The number of nitro groups is 1. The fourth-order valence-electron chi connectivity index (χ4n) is 3.13. The molecule has 0 bridgehead atoms. The van der Waals surface area contributed by atoms with E-state index in [0.29, 0.717) is 17.1 Å². The number of nitro benzene ring substituents is 1. The highest BCUT2D eigenvalue weighted by Crippen LogP contribution is 2.24. The summed E-state index contributed by atoms with van der Waals surface area (Å²) in [5.74, 6) is -1.83. The Balaban J connectivity index is 1.74. The number of hydrogen-bond acceptors (Lipinski definition) is 5. The summed E-state index contributed by atoms with van der Waals surface area (Å²) in [6.45, 7) is 0. The van der Waals surface area contributed by atoms with Gasteiger partial charge in [-0.1, -0.05) is 6.07 Å². The van der Waals surface area contributed by atoms with E-state index in [2.05, 4.69) is 5.32 Å². The molecule has 8 nitrogen and oxygen atoms in total. The zero-order valence-electron chi connectivity index (χ0n) is 15.7. The van der Waals surface area contributed by atoms with E-state index in [-0.39, 0.29) is 16.4 Å². The Bertz CT molecular complexity index is 1270. The molecule has 0 radical (unpaired) electrons. The van der Waals surface area contributed by atoms with Crippen molar-refractivity contribution in [3.63, 3.8) is 0 Å². The number of hydrogen-bond donors (Lipinski definition) is 1. The van der Waals surface area contributed by atoms with Gasteiger partial charge in [-0.2, -0.15) is 0 Å². The second-order valence-corrected chi connectivity index (χ2v) is 6.90. The first-order chi connectivity index (χ1) is 14.8. The van der Waals surface area contributed by atoms with Gasteiger partial charge in [0.25, 0.3) is 17.5 Å². The van der Waals surface area contributed by atoms with Crippen molar-refractivity contribution < 1.29 is 18.9 Å². The third-order valence-corrected chi connectivity index (χ3v) is 4.86. The molecule has 0 saturated carbocycles. The highest BCUT2D eigenvalue weighted by atomic mass is 32.1. The highest BCUT2D eigenvalue weighted by molar-refractivity contribution is 7.80. The lowest BCUT2D eigenvalue weighted by Crippen LogP contribution is -2.54. The summed E-state index contributed by atoms with van der Waals surface area (Å²) in [5, 5.41) is 13.4. The first-order valence-corrected chi connectivity index (χ1v) is 9.35. The average Bonchev–Trinajstić information content (AvgIpc) is 3.21. The van der Waals surface area contributed by atoms with E-state index in [0.717, 1.165) is 4.90 Å². The third kappa shape index (κ3) is 3.83. The number of halogens is 1. The largest absolute Gasteiger partial charge is 0.317 e. The molecule has 31 heavy (non-hydrogen) atoms. The molecule has 1 N–H and O–H groups in total. The van der Waals surface area contributed by atoms with Gasteiger partial charge < -0.3 is 4.57 Å². The minimum atomic E-state index is -0.680. The van der Waals surface area contributed by atoms with Crippen molar-refractivity contribution in [3.05, 3.63) is 94.1 Å². The lowest BCUT2D eigenvalue weighted by Gasteiger charge is -2.28. The van der Waals surface area contributed by atoms with Gasteiger partial charge in [-0.25, -0.2) is 4.39 Å². The Labute approximate surface area is 180 Å². The summed E-state index contributed by atoms with van der Waals surface area (Å²) in [6, 6.07) is 14.4. The molecule has 0 aliphatic carbocycles. The van der Waals surface area contributed by atoms with Gasteiger partial charge in [-0.3, -0.25) is 29.9 Å². The van der Waals surface area contributed by atoms with Crippen LogP contribution in [0.25, 0.3) is 11.8 Å². The molecular weight excluding hydrogens is 423 g/mol. The second kappa shape index (κ2) is 7.92. The van der Waals surface area contributed by atoms with Crippen LogP contribution in [0.5, 0.6) is 0 Å². The number of thiocarbonyl (C=S) groups is 1. The molecule has 0 atom stereocenters. The average molecular weight is 436 g/mol. The minimum absolute atomic E-state index is 0.0934. The van der Waals surface area contributed by atoms with Crippen molar-refractivity contribution in [1.82, 2.24) is 9.88 Å². The lowest BCUT2D eigenvalue weighted by molar-refractivity contribution is -0.384. The van der Waals surface area contributed by atoms with Crippen LogP contribution in [0.15, 0.2) is 72.4 Å². The monoisotopic (exact) mass is 436 g/mol. The number of nitrogens with one attached hydrogen (secondary N) is 1. The molecule has 154 valence electrons. The predicted molar refractivity (Wildman–Crippen MR) is 115 cm³/mol. The van der Waals surface area contributed by atoms with Gasteiger partial charge in [0.2, 0.25) is 0 Å². The SMILES string of the molecule is O=C1NC(=S)N(c2ccc(F)cc2)C(=O)C1=Cc1cccn1-c1cccc([N+](=O)[O-])c1. The number of aromatic nitrogens is 1. The number of benzene rings is 2. The molecule has 10 heteroatoms. The molecule has 1 saturated heterocycles. The van der Waals surface area contributed by atoms with Crippen LogP contribution in [-0.2, 0) is 9.59 Å². The van der Waals surface area contributed by atoms with E-state index >= 15 is 0 Å². The van der Waals surface area contributed by atoms with Crippen molar-refractivity contribution in [3.8, 4) is 5.69 Å². The van der Waals surface area contributed by atoms with Gasteiger partial charge >= 0.3 is 0 Å². The summed E-state index contributed by atoms with van der Waals surface area (Å²) in [6.07, 6.45) is 3.02. The van der Waals surface area contributed by atoms with Gasteiger partial charge in [-0.05, 0) is 60.8 Å². The number of anilines is 1. The Morgan fingerprint density at radius 3 is 2.48 bits per heavy atom. The molecule has 2 aromatic carbocycles. The van der Waals surface area contributed by atoms with Crippen molar-refractivity contribution in [2.24, 2.45) is 0 Å². The summed E-state index contributed by atoms with van der Waals surface area (Å²) >= 11 is 5.12. The van der Waals surface area contributed by atoms with E-state index in [9.17, 15) is 24.1 Å². The van der Waals surface area contributed by atoms with Crippen LogP contribution in [0, 0.1) is 15.9 Å². The van der Waals surface area contributed by atoms with Gasteiger partial charge in [-0.15, -0.1) is 0 Å². The van der Waals surface area contributed by atoms with Crippen molar-refractivity contribution in [2.75, 3.05) is 4.90 Å². The minimum Gasteiger partial charge on any atom is -0.317 e. The standard InChI is InChI=1S/C21H13FN4O4S/c22-13-6-8-14(9-7-13)25-20(28)18(19(27)23-21(25)31)12-16-5-2-10-24(16)15-3-1-4-17(11-15)26(29)30/h1-12H,(H,23,27,31). The van der Waals surface area contributed by atoms with Crippen molar-refractivity contribution >= 4 is 46.6 Å². The second-order valence-electron chi connectivity index (χ2n) is 6.51. The molecule has 1 aliphatic heterocycles. The molecule has 4 rings (SSSR count). The zero-order chi connectivity index (χ0) is 22.1. The maximum atomic E-state index is 13.3. The maximum Gasteiger partial charge on any atom is 0.271 e. The van der Waals surface area contributed by atoms with Crippen LogP contribution in [0.1, 0.15) is 5.69 Å². The number of carbonyl (C=O) groups is 2. The van der Waals surface area contributed by atoms with E-state index in [1.54, 1.807) is 29.0 Å².